The predicted molar refractivity (Wildman–Crippen MR) is 121 cm³/mol. The van der Waals surface area contributed by atoms with Crippen molar-refractivity contribution >= 4 is 17.6 Å². The largest absolute Gasteiger partial charge is 0.454 e. The molecule has 2 aromatic carbocycles. The average molecular weight is 463 g/mol. The smallest absolute Gasteiger partial charge is 0.323 e. The Kier molecular flexibility index (Phi) is 5.75. The number of carbonyl (C=O) groups is 2. The molecule has 2 aliphatic heterocycles. The molecule has 8 nitrogen and oxygen atoms in total. The number of urea groups is 1. The van der Waals surface area contributed by atoms with Crippen LogP contribution in [0.4, 0.5) is 15.0 Å². The maximum Gasteiger partial charge on any atom is 0.323 e. The van der Waals surface area contributed by atoms with Crippen molar-refractivity contribution in [3.05, 3.63) is 71.2 Å². The molecular formula is C25H22FN3O5. The van der Waals surface area contributed by atoms with Crippen LogP contribution in [0.2, 0.25) is 0 Å². The van der Waals surface area contributed by atoms with Crippen LogP contribution < -0.4 is 19.5 Å². The zero-order chi connectivity index (χ0) is 23.7. The molecule has 174 valence electrons. The summed E-state index contributed by atoms with van der Waals surface area (Å²) in [6.07, 6.45) is 1.80. The van der Waals surface area contributed by atoms with Crippen molar-refractivity contribution in [1.82, 2.24) is 9.88 Å². The van der Waals surface area contributed by atoms with Gasteiger partial charge in [-0.2, -0.15) is 0 Å². The minimum absolute atomic E-state index is 0.0281. The van der Waals surface area contributed by atoms with Gasteiger partial charge in [0.05, 0.1) is 12.1 Å². The summed E-state index contributed by atoms with van der Waals surface area (Å²) in [5, 5.41) is 2.72. The number of carbonyl (C=O) groups excluding carboxylic acids is 2. The molecule has 0 aliphatic carbocycles. The van der Waals surface area contributed by atoms with Crippen molar-refractivity contribution in [2.24, 2.45) is 0 Å². The molecule has 0 spiro atoms. The van der Waals surface area contributed by atoms with E-state index in [1.165, 1.54) is 18.3 Å². The Morgan fingerprint density at radius 2 is 1.85 bits per heavy atom. The van der Waals surface area contributed by atoms with Gasteiger partial charge >= 0.3 is 6.03 Å². The fourth-order valence-electron chi connectivity index (χ4n) is 3.95. The first kappa shape index (κ1) is 21.7. The number of nitrogens with zero attached hydrogens (tertiary/aromatic N) is 2. The van der Waals surface area contributed by atoms with Crippen LogP contribution in [0.5, 0.6) is 23.0 Å². The third-order valence-electron chi connectivity index (χ3n) is 5.71. The summed E-state index contributed by atoms with van der Waals surface area (Å²) in [6, 6.07) is 11.3. The zero-order valence-electron chi connectivity index (χ0n) is 18.5. The molecule has 2 aliphatic rings. The van der Waals surface area contributed by atoms with E-state index >= 15 is 0 Å². The van der Waals surface area contributed by atoms with Crippen molar-refractivity contribution in [3.63, 3.8) is 0 Å². The van der Waals surface area contributed by atoms with E-state index in [1.807, 2.05) is 13.0 Å². The van der Waals surface area contributed by atoms with Gasteiger partial charge in [-0.3, -0.25) is 10.1 Å². The maximum atomic E-state index is 14.8. The second-order valence-electron chi connectivity index (χ2n) is 8.03. The lowest BCUT2D eigenvalue weighted by molar-refractivity contribution is -0.117. The first-order valence-corrected chi connectivity index (χ1v) is 10.9. The molecule has 9 heteroatoms. The number of Topliss-reactive ketones (excluding diaryl/α,β-unsaturated/α-hetero) is 1. The van der Waals surface area contributed by atoms with Crippen LogP contribution in [-0.4, -0.2) is 35.0 Å². The van der Waals surface area contributed by atoms with Crippen molar-refractivity contribution in [1.29, 1.82) is 0 Å². The molecule has 0 saturated heterocycles. The van der Waals surface area contributed by atoms with E-state index in [4.69, 9.17) is 14.2 Å². The van der Waals surface area contributed by atoms with E-state index in [9.17, 15) is 14.0 Å². The van der Waals surface area contributed by atoms with Crippen LogP contribution in [0, 0.1) is 5.82 Å². The van der Waals surface area contributed by atoms with Gasteiger partial charge in [0, 0.05) is 25.6 Å². The second-order valence-corrected chi connectivity index (χ2v) is 8.03. The van der Waals surface area contributed by atoms with Crippen molar-refractivity contribution in [2.45, 2.75) is 26.3 Å². The number of ether oxygens (including phenoxy) is 3. The molecule has 1 N–H and O–H groups in total. The fraction of sp³-hybridized carbons (Fsp3) is 0.240. The summed E-state index contributed by atoms with van der Waals surface area (Å²) in [4.78, 5) is 30.4. The van der Waals surface area contributed by atoms with E-state index in [0.29, 0.717) is 47.3 Å². The monoisotopic (exact) mass is 463 g/mol. The highest BCUT2D eigenvalue weighted by Gasteiger charge is 2.25. The van der Waals surface area contributed by atoms with E-state index in [1.54, 1.807) is 29.2 Å². The molecule has 0 radical (unpaired) electrons. The highest BCUT2D eigenvalue weighted by molar-refractivity contribution is 5.91. The van der Waals surface area contributed by atoms with Crippen LogP contribution in [0.15, 0.2) is 48.7 Å². The fourth-order valence-corrected chi connectivity index (χ4v) is 3.95. The Bertz CT molecular complexity index is 1280. The lowest BCUT2D eigenvalue weighted by Crippen LogP contribution is -2.38. The van der Waals surface area contributed by atoms with Crippen LogP contribution in [0.3, 0.4) is 0 Å². The standard InChI is InChI=1S/C25H22FN3O5/c1-2-29-13-18-20(7-8-27-24(18)28-25(29)31)34-21-5-3-15(11-19(21)26)9-17(30)10-16-4-6-22-23(12-16)33-14-32-22/h3-8,11-12H,2,9-10,13-14H2,1H3,(H,27,28,31). The summed E-state index contributed by atoms with van der Waals surface area (Å²) in [5.41, 5.74) is 2.04. The maximum absolute atomic E-state index is 14.8. The summed E-state index contributed by atoms with van der Waals surface area (Å²) in [6.45, 7) is 2.87. The highest BCUT2D eigenvalue weighted by Crippen LogP contribution is 2.35. The van der Waals surface area contributed by atoms with Crippen molar-refractivity contribution in [3.8, 4) is 23.0 Å². The first-order valence-electron chi connectivity index (χ1n) is 10.9. The number of fused-ring (bicyclic) bond motifs is 2. The SMILES string of the molecule is CCN1Cc2c(Oc3ccc(CC(=O)Cc4ccc5c(c4)OCO5)cc3F)ccnc2NC1=O. The summed E-state index contributed by atoms with van der Waals surface area (Å²) in [7, 11) is 0. The quantitative estimate of drug-likeness (QED) is 0.556. The number of benzene rings is 2. The minimum Gasteiger partial charge on any atom is -0.454 e. The molecule has 3 heterocycles. The van der Waals surface area contributed by atoms with Crippen LogP contribution >= 0.6 is 0 Å². The van der Waals surface area contributed by atoms with E-state index < -0.39 is 5.82 Å². The number of halogens is 1. The molecule has 34 heavy (non-hydrogen) atoms. The zero-order valence-corrected chi connectivity index (χ0v) is 18.5. The van der Waals surface area contributed by atoms with Gasteiger partial charge in [-0.25, -0.2) is 14.2 Å². The van der Waals surface area contributed by atoms with E-state index in [-0.39, 0.29) is 37.2 Å². The Morgan fingerprint density at radius 1 is 1.09 bits per heavy atom. The van der Waals surface area contributed by atoms with Gasteiger partial charge in [0.15, 0.2) is 23.1 Å². The van der Waals surface area contributed by atoms with Crippen LogP contribution in [0.25, 0.3) is 0 Å². The molecule has 0 fully saturated rings. The molecular weight excluding hydrogens is 441 g/mol. The van der Waals surface area contributed by atoms with Crippen LogP contribution in [0.1, 0.15) is 23.6 Å². The number of hydrogen-bond acceptors (Lipinski definition) is 6. The van der Waals surface area contributed by atoms with Crippen molar-refractivity contribution in [2.75, 3.05) is 18.7 Å². The highest BCUT2D eigenvalue weighted by atomic mass is 19.1. The normalized spacial score (nSPS) is 13.9. The Labute approximate surface area is 195 Å². The lowest BCUT2D eigenvalue weighted by atomic mass is 10.0. The molecule has 3 aromatic rings. The van der Waals surface area contributed by atoms with E-state index in [2.05, 4.69) is 10.3 Å². The third kappa shape index (κ3) is 4.36. The molecule has 0 unspecified atom stereocenters. The Morgan fingerprint density at radius 3 is 2.65 bits per heavy atom. The Balaban J connectivity index is 1.27. The van der Waals surface area contributed by atoms with E-state index in [0.717, 1.165) is 5.56 Å². The number of hydrogen-bond donors (Lipinski definition) is 1. The first-order chi connectivity index (χ1) is 16.5. The summed E-state index contributed by atoms with van der Waals surface area (Å²) >= 11 is 0. The van der Waals surface area contributed by atoms with Crippen LogP contribution in [-0.2, 0) is 24.2 Å². The number of amides is 2. The number of aromatic nitrogens is 1. The molecule has 0 bridgehead atoms. The molecule has 5 rings (SSSR count). The van der Waals surface area contributed by atoms with Gasteiger partial charge in [-0.1, -0.05) is 12.1 Å². The van der Waals surface area contributed by atoms with Gasteiger partial charge < -0.3 is 19.1 Å². The summed E-state index contributed by atoms with van der Waals surface area (Å²) in [5.74, 6) is 1.50. The second kappa shape index (κ2) is 9.01. The van der Waals surface area contributed by atoms with Gasteiger partial charge in [0.25, 0.3) is 0 Å². The number of ketones is 1. The number of anilines is 1. The van der Waals surface area contributed by atoms with Gasteiger partial charge in [0.1, 0.15) is 17.4 Å². The van der Waals surface area contributed by atoms with Crippen molar-refractivity contribution < 1.29 is 28.2 Å². The topological polar surface area (TPSA) is 90.0 Å². The number of nitrogens with one attached hydrogen (secondary N) is 1. The Hall–Kier alpha value is -4.14. The average Bonchev–Trinajstić information content (AvgIpc) is 3.28. The molecule has 0 saturated carbocycles. The number of rotatable bonds is 7. The molecule has 0 atom stereocenters. The van der Waals surface area contributed by atoms with Gasteiger partial charge in [-0.15, -0.1) is 0 Å². The van der Waals surface area contributed by atoms with Gasteiger partial charge in [0.2, 0.25) is 6.79 Å². The predicted octanol–water partition coefficient (Wildman–Crippen LogP) is 4.46. The van der Waals surface area contributed by atoms with Gasteiger partial charge in [-0.05, 0) is 48.4 Å². The number of pyridine rings is 1. The third-order valence-corrected chi connectivity index (χ3v) is 5.71. The molecule has 1 aromatic heterocycles. The lowest BCUT2D eigenvalue weighted by Gasteiger charge is -2.28. The summed E-state index contributed by atoms with van der Waals surface area (Å²) < 4.78 is 31.3. The minimum atomic E-state index is -0.578. The molecule has 2 amide bonds.